The van der Waals surface area contributed by atoms with Gasteiger partial charge in [-0.25, -0.2) is 9.37 Å². The van der Waals surface area contributed by atoms with E-state index in [2.05, 4.69) is 25.9 Å². The van der Waals surface area contributed by atoms with Crippen LogP contribution in [0.3, 0.4) is 0 Å². The molecule has 1 aromatic carbocycles. The molecule has 1 aromatic heterocycles. The quantitative estimate of drug-likeness (QED) is 0.913. The first-order valence-corrected chi connectivity index (χ1v) is 6.75. The molecule has 0 unspecified atom stereocenters. The van der Waals surface area contributed by atoms with E-state index in [0.29, 0.717) is 16.0 Å². The van der Waals surface area contributed by atoms with E-state index in [4.69, 9.17) is 0 Å². The number of nitrogens with zero attached hydrogens (tertiary/aromatic N) is 1. The van der Waals surface area contributed by atoms with Crippen molar-refractivity contribution >= 4 is 15.9 Å². The second kappa shape index (κ2) is 5.25. The maximum absolute atomic E-state index is 13.1. The van der Waals surface area contributed by atoms with E-state index in [1.54, 1.807) is 13.0 Å². The summed E-state index contributed by atoms with van der Waals surface area (Å²) >= 11 is 3.25. The van der Waals surface area contributed by atoms with Crippen LogP contribution < -0.4 is 5.56 Å². The van der Waals surface area contributed by atoms with Crippen molar-refractivity contribution in [3.05, 3.63) is 50.1 Å². The summed E-state index contributed by atoms with van der Waals surface area (Å²) in [6.07, 6.45) is 0. The minimum Gasteiger partial charge on any atom is -0.306 e. The van der Waals surface area contributed by atoms with Gasteiger partial charge in [0.05, 0.1) is 5.69 Å². The van der Waals surface area contributed by atoms with Gasteiger partial charge in [0, 0.05) is 5.56 Å². The summed E-state index contributed by atoms with van der Waals surface area (Å²) in [5.74, 6) is 0.287. The Morgan fingerprint density at radius 2 is 2.05 bits per heavy atom. The van der Waals surface area contributed by atoms with Crippen LogP contribution in [0.5, 0.6) is 0 Å². The molecule has 0 saturated heterocycles. The van der Waals surface area contributed by atoms with Crippen LogP contribution in [0.4, 0.5) is 4.39 Å². The molecule has 0 bridgehead atoms. The summed E-state index contributed by atoms with van der Waals surface area (Å²) < 4.78 is 13.6. The van der Waals surface area contributed by atoms with Crippen LogP contribution in [0.15, 0.2) is 27.5 Å². The molecule has 0 radical (unpaired) electrons. The van der Waals surface area contributed by atoms with Gasteiger partial charge in [0.25, 0.3) is 5.56 Å². The summed E-state index contributed by atoms with van der Waals surface area (Å²) in [6.45, 7) is 5.72. The molecule has 2 rings (SSSR count). The maximum Gasteiger partial charge on any atom is 0.265 e. The lowest BCUT2D eigenvalue weighted by Crippen LogP contribution is -2.14. The van der Waals surface area contributed by atoms with Gasteiger partial charge in [-0.3, -0.25) is 4.79 Å². The third kappa shape index (κ3) is 2.76. The minimum atomic E-state index is -0.301. The van der Waals surface area contributed by atoms with Crippen LogP contribution in [0.25, 0.3) is 11.4 Å². The van der Waals surface area contributed by atoms with Crippen molar-refractivity contribution in [1.82, 2.24) is 9.97 Å². The third-order valence-corrected chi connectivity index (χ3v) is 3.65. The number of nitrogens with one attached hydrogen (secondary N) is 1. The summed E-state index contributed by atoms with van der Waals surface area (Å²) in [4.78, 5) is 19.1. The van der Waals surface area contributed by atoms with Crippen LogP contribution in [-0.2, 0) is 0 Å². The molecule has 0 aliphatic heterocycles. The van der Waals surface area contributed by atoms with Gasteiger partial charge in [-0.1, -0.05) is 13.8 Å². The molecule has 0 aliphatic carbocycles. The monoisotopic (exact) mass is 324 g/mol. The lowest BCUT2D eigenvalue weighted by molar-refractivity contribution is 0.627. The van der Waals surface area contributed by atoms with Crippen molar-refractivity contribution < 1.29 is 4.39 Å². The summed E-state index contributed by atoms with van der Waals surface area (Å²) in [5.41, 5.74) is 1.94. The van der Waals surface area contributed by atoms with Gasteiger partial charge in [0.1, 0.15) is 16.1 Å². The van der Waals surface area contributed by atoms with Crippen molar-refractivity contribution in [2.75, 3.05) is 0 Å². The van der Waals surface area contributed by atoms with Crippen LogP contribution in [0, 0.1) is 12.7 Å². The molecule has 0 saturated carbocycles. The number of rotatable bonds is 2. The Kier molecular flexibility index (Phi) is 3.85. The first-order valence-electron chi connectivity index (χ1n) is 5.96. The Bertz CT molecular complexity index is 680. The average Bonchev–Trinajstić information content (AvgIpc) is 2.32. The second-order valence-electron chi connectivity index (χ2n) is 4.73. The van der Waals surface area contributed by atoms with Gasteiger partial charge in [-0.15, -0.1) is 0 Å². The molecule has 0 atom stereocenters. The van der Waals surface area contributed by atoms with E-state index in [1.807, 2.05) is 13.8 Å². The normalized spacial score (nSPS) is 11.1. The first-order chi connectivity index (χ1) is 8.90. The predicted molar refractivity (Wildman–Crippen MR) is 76.8 cm³/mol. The number of H-pyrrole nitrogens is 1. The molecule has 19 heavy (non-hydrogen) atoms. The SMILES string of the molecule is Cc1cc(F)ccc1-c1nc(C(C)C)c(Br)c(=O)[nH]1. The third-order valence-electron chi connectivity index (χ3n) is 2.88. The molecular weight excluding hydrogens is 311 g/mol. The molecule has 1 heterocycles. The van der Waals surface area contributed by atoms with E-state index in [9.17, 15) is 9.18 Å². The zero-order valence-electron chi connectivity index (χ0n) is 10.9. The van der Waals surface area contributed by atoms with Crippen LogP contribution >= 0.6 is 15.9 Å². The van der Waals surface area contributed by atoms with E-state index in [1.165, 1.54) is 12.1 Å². The summed E-state index contributed by atoms with van der Waals surface area (Å²) in [7, 11) is 0. The highest BCUT2D eigenvalue weighted by molar-refractivity contribution is 9.10. The highest BCUT2D eigenvalue weighted by Crippen LogP contribution is 2.24. The molecule has 5 heteroatoms. The lowest BCUT2D eigenvalue weighted by Gasteiger charge is -2.11. The largest absolute Gasteiger partial charge is 0.306 e. The number of hydrogen-bond donors (Lipinski definition) is 1. The molecule has 1 N–H and O–H groups in total. The fraction of sp³-hybridized carbons (Fsp3) is 0.286. The molecule has 0 amide bonds. The van der Waals surface area contributed by atoms with Crippen LogP contribution in [-0.4, -0.2) is 9.97 Å². The number of hydrogen-bond acceptors (Lipinski definition) is 2. The number of halogens is 2. The van der Waals surface area contributed by atoms with E-state index in [-0.39, 0.29) is 17.3 Å². The van der Waals surface area contributed by atoms with E-state index < -0.39 is 0 Å². The molecule has 100 valence electrons. The van der Waals surface area contributed by atoms with Gasteiger partial charge in [-0.2, -0.15) is 0 Å². The van der Waals surface area contributed by atoms with Gasteiger partial charge < -0.3 is 4.98 Å². The maximum atomic E-state index is 13.1. The first kappa shape index (κ1) is 13.9. The fourth-order valence-corrected chi connectivity index (χ4v) is 2.52. The summed E-state index contributed by atoms with van der Waals surface area (Å²) in [6, 6.07) is 4.41. The lowest BCUT2D eigenvalue weighted by atomic mass is 10.1. The number of benzene rings is 1. The van der Waals surface area contributed by atoms with Gasteiger partial charge >= 0.3 is 0 Å². The molecule has 0 aliphatic rings. The Balaban J connectivity index is 2.66. The number of aromatic amines is 1. The van der Waals surface area contributed by atoms with Gasteiger partial charge in [0.15, 0.2) is 0 Å². The van der Waals surface area contributed by atoms with Crippen molar-refractivity contribution in [3.63, 3.8) is 0 Å². The topological polar surface area (TPSA) is 45.8 Å². The Hall–Kier alpha value is -1.49. The molecule has 0 fully saturated rings. The van der Waals surface area contributed by atoms with Crippen molar-refractivity contribution in [2.45, 2.75) is 26.7 Å². The van der Waals surface area contributed by atoms with Gasteiger partial charge in [0.2, 0.25) is 0 Å². The summed E-state index contributed by atoms with van der Waals surface area (Å²) in [5, 5.41) is 0. The zero-order chi connectivity index (χ0) is 14.2. The fourth-order valence-electron chi connectivity index (χ4n) is 1.88. The highest BCUT2D eigenvalue weighted by Gasteiger charge is 2.14. The Labute approximate surface area is 119 Å². The number of aryl methyl sites for hydroxylation is 1. The van der Waals surface area contributed by atoms with Crippen molar-refractivity contribution in [3.8, 4) is 11.4 Å². The van der Waals surface area contributed by atoms with Crippen LogP contribution in [0.2, 0.25) is 0 Å². The smallest absolute Gasteiger partial charge is 0.265 e. The average molecular weight is 325 g/mol. The van der Waals surface area contributed by atoms with E-state index in [0.717, 1.165) is 11.1 Å². The van der Waals surface area contributed by atoms with Gasteiger partial charge in [-0.05, 0) is 52.5 Å². The Morgan fingerprint density at radius 3 is 2.63 bits per heavy atom. The molecule has 0 spiro atoms. The molecule has 3 nitrogen and oxygen atoms in total. The predicted octanol–water partition coefficient (Wildman–Crippen LogP) is 3.77. The van der Waals surface area contributed by atoms with Crippen molar-refractivity contribution in [1.29, 1.82) is 0 Å². The standard InChI is InChI=1S/C14H14BrFN2O/c1-7(2)12-11(15)14(19)18-13(17-12)10-5-4-9(16)6-8(10)3/h4-7H,1-3H3,(H,17,18,19). The minimum absolute atomic E-state index is 0.121. The van der Waals surface area contributed by atoms with Crippen LogP contribution in [0.1, 0.15) is 31.0 Å². The van der Waals surface area contributed by atoms with Crippen molar-refractivity contribution in [2.24, 2.45) is 0 Å². The molecular formula is C14H14BrFN2O. The van der Waals surface area contributed by atoms with E-state index >= 15 is 0 Å². The second-order valence-corrected chi connectivity index (χ2v) is 5.52. The zero-order valence-corrected chi connectivity index (χ0v) is 12.5. The highest BCUT2D eigenvalue weighted by atomic mass is 79.9. The number of aromatic nitrogens is 2. The Morgan fingerprint density at radius 1 is 1.37 bits per heavy atom. The molecule has 2 aromatic rings.